The number of amides is 2. The predicted molar refractivity (Wildman–Crippen MR) is 172 cm³/mol. The van der Waals surface area contributed by atoms with Crippen LogP contribution in [0.2, 0.25) is 5.02 Å². The lowest BCUT2D eigenvalue weighted by Crippen LogP contribution is -2.40. The summed E-state index contributed by atoms with van der Waals surface area (Å²) in [5.74, 6) is 0.222. The normalized spacial score (nSPS) is 17.2. The number of para-hydroxylation sites is 1. The van der Waals surface area contributed by atoms with Gasteiger partial charge in [0.05, 0.1) is 16.9 Å². The molecule has 2 aromatic heterocycles. The van der Waals surface area contributed by atoms with E-state index in [0.29, 0.717) is 34.5 Å². The number of hydrogen-bond acceptors (Lipinski definition) is 6. The molecule has 1 aliphatic rings. The number of hydrogen-bond donors (Lipinski definition) is 4. The molecule has 1 saturated carbocycles. The number of rotatable bonds is 9. The molecule has 11 heteroatoms. The first-order valence-corrected chi connectivity index (χ1v) is 14.8. The van der Waals surface area contributed by atoms with E-state index in [1.807, 2.05) is 40.6 Å². The number of fused-ring (bicyclic) bond motifs is 1. The van der Waals surface area contributed by atoms with Gasteiger partial charge in [-0.1, -0.05) is 35.9 Å². The summed E-state index contributed by atoms with van der Waals surface area (Å²) in [5.41, 5.74) is 3.86. The van der Waals surface area contributed by atoms with Crippen molar-refractivity contribution >= 4 is 68.8 Å². The standard InChI is InChI=1S/C30H31ClIN7O2/c1-39(32)16-4-7-27(40)35-20-10-8-19(9-11-20)29(41)36-21-12-14-22(15-13-21)37-30-34-18-25(31)28(38-30)24-17-33-26-6-3-2-5-23(24)26/h2-11,17-18,21-22,33H,12-16H2,1H3,(H,35,40)(H,36,41)(H,34,37,38)/b7-4+. The van der Waals surface area contributed by atoms with Crippen LogP contribution in [-0.4, -0.2) is 55.6 Å². The van der Waals surface area contributed by atoms with Crippen LogP contribution in [0.1, 0.15) is 36.0 Å². The van der Waals surface area contributed by atoms with Crippen LogP contribution in [-0.2, 0) is 4.79 Å². The molecule has 5 rings (SSSR count). The van der Waals surface area contributed by atoms with Crippen molar-refractivity contribution in [2.45, 2.75) is 37.8 Å². The number of carbonyl (C=O) groups excluding carboxylic acids is 2. The Kier molecular flexibility index (Phi) is 9.53. The third kappa shape index (κ3) is 7.63. The molecule has 2 heterocycles. The number of aromatic amines is 1. The highest BCUT2D eigenvalue weighted by molar-refractivity contribution is 14.1. The van der Waals surface area contributed by atoms with Gasteiger partial charge in [-0.2, -0.15) is 0 Å². The van der Waals surface area contributed by atoms with Crippen molar-refractivity contribution < 1.29 is 9.59 Å². The molecule has 1 fully saturated rings. The number of halogens is 2. The van der Waals surface area contributed by atoms with Crippen LogP contribution in [0.3, 0.4) is 0 Å². The number of likely N-dealkylation sites (N-methyl/N-ethyl adjacent to an activating group) is 1. The predicted octanol–water partition coefficient (Wildman–Crippen LogP) is 6.21. The Morgan fingerprint density at radius 2 is 1.83 bits per heavy atom. The van der Waals surface area contributed by atoms with Gasteiger partial charge in [0.15, 0.2) is 0 Å². The topological polar surface area (TPSA) is 115 Å². The van der Waals surface area contributed by atoms with Crippen molar-refractivity contribution in [1.82, 2.24) is 23.4 Å². The van der Waals surface area contributed by atoms with Gasteiger partial charge in [-0.25, -0.2) is 13.1 Å². The maximum absolute atomic E-state index is 12.8. The van der Waals surface area contributed by atoms with E-state index in [1.54, 1.807) is 36.5 Å². The fraction of sp³-hybridized carbons (Fsp3) is 0.267. The molecule has 1 aliphatic carbocycles. The van der Waals surface area contributed by atoms with Gasteiger partial charge in [-0.15, -0.1) is 0 Å². The molecule has 41 heavy (non-hydrogen) atoms. The number of nitrogens with zero attached hydrogens (tertiary/aromatic N) is 3. The third-order valence-electron chi connectivity index (χ3n) is 7.02. The Morgan fingerprint density at radius 3 is 2.59 bits per heavy atom. The van der Waals surface area contributed by atoms with Gasteiger partial charge in [-0.05, 0) is 63.1 Å². The minimum Gasteiger partial charge on any atom is -0.360 e. The maximum atomic E-state index is 12.8. The van der Waals surface area contributed by atoms with E-state index in [4.69, 9.17) is 16.6 Å². The van der Waals surface area contributed by atoms with E-state index in [-0.39, 0.29) is 23.9 Å². The highest BCUT2D eigenvalue weighted by Gasteiger charge is 2.24. The molecular formula is C30H31ClIN7O2. The molecule has 0 unspecified atom stereocenters. The van der Waals surface area contributed by atoms with Crippen LogP contribution in [0.5, 0.6) is 0 Å². The van der Waals surface area contributed by atoms with Crippen LogP contribution >= 0.6 is 34.5 Å². The quantitative estimate of drug-likeness (QED) is 0.0948. The van der Waals surface area contributed by atoms with Crippen molar-refractivity contribution in [3.8, 4) is 11.3 Å². The Bertz CT molecular complexity index is 1550. The van der Waals surface area contributed by atoms with Gasteiger partial charge in [-0.3, -0.25) is 9.59 Å². The number of aromatic nitrogens is 3. The Balaban J connectivity index is 1.11. The SMILES string of the molecule is CN(I)C/C=C/C(=O)Nc1ccc(C(=O)NC2CCC(Nc3ncc(Cl)c(-c4c[nH]c5ccccc45)n3)CC2)cc1. The zero-order valence-corrected chi connectivity index (χ0v) is 25.4. The van der Waals surface area contributed by atoms with E-state index in [9.17, 15) is 9.59 Å². The summed E-state index contributed by atoms with van der Waals surface area (Å²) in [6.07, 6.45) is 10.3. The fourth-order valence-corrected chi connectivity index (χ4v) is 5.34. The highest BCUT2D eigenvalue weighted by atomic mass is 127. The Hall–Kier alpha value is -3.48. The lowest BCUT2D eigenvalue weighted by atomic mass is 9.91. The van der Waals surface area contributed by atoms with Crippen LogP contribution in [0.4, 0.5) is 11.6 Å². The van der Waals surface area contributed by atoms with E-state index in [0.717, 1.165) is 42.1 Å². The molecule has 0 saturated heterocycles. The van der Waals surface area contributed by atoms with Crippen LogP contribution < -0.4 is 16.0 Å². The molecule has 0 atom stereocenters. The Morgan fingerprint density at radius 1 is 1.10 bits per heavy atom. The first kappa shape index (κ1) is 29.0. The second-order valence-electron chi connectivity index (χ2n) is 10.1. The van der Waals surface area contributed by atoms with Gasteiger partial charge in [0.2, 0.25) is 11.9 Å². The first-order valence-electron chi connectivity index (χ1n) is 13.5. The van der Waals surface area contributed by atoms with Gasteiger partial charge < -0.3 is 20.9 Å². The van der Waals surface area contributed by atoms with E-state index < -0.39 is 0 Å². The molecule has 2 aromatic carbocycles. The van der Waals surface area contributed by atoms with Crippen molar-refractivity contribution in [3.63, 3.8) is 0 Å². The number of benzene rings is 2. The van der Waals surface area contributed by atoms with Crippen molar-refractivity contribution in [2.75, 3.05) is 24.2 Å². The molecule has 4 aromatic rings. The lowest BCUT2D eigenvalue weighted by molar-refractivity contribution is -0.111. The number of carbonyl (C=O) groups is 2. The molecule has 0 radical (unpaired) electrons. The monoisotopic (exact) mass is 683 g/mol. The van der Waals surface area contributed by atoms with Gasteiger partial charge in [0.25, 0.3) is 5.91 Å². The molecule has 9 nitrogen and oxygen atoms in total. The molecule has 0 spiro atoms. The van der Waals surface area contributed by atoms with E-state index in [2.05, 4.69) is 48.8 Å². The number of nitrogens with one attached hydrogen (secondary N) is 4. The van der Waals surface area contributed by atoms with E-state index >= 15 is 0 Å². The number of anilines is 2. The van der Waals surface area contributed by atoms with Gasteiger partial charge in [0, 0.05) is 81.5 Å². The summed E-state index contributed by atoms with van der Waals surface area (Å²) in [4.78, 5) is 37.3. The Labute approximate surface area is 257 Å². The molecule has 2 amide bonds. The zero-order chi connectivity index (χ0) is 28.8. The number of H-pyrrole nitrogens is 1. The molecule has 212 valence electrons. The summed E-state index contributed by atoms with van der Waals surface area (Å²) in [6, 6.07) is 15.3. The summed E-state index contributed by atoms with van der Waals surface area (Å²) >= 11 is 8.63. The van der Waals surface area contributed by atoms with Crippen molar-refractivity contribution in [1.29, 1.82) is 0 Å². The van der Waals surface area contributed by atoms with Crippen LogP contribution in [0, 0.1) is 0 Å². The van der Waals surface area contributed by atoms with Crippen LogP contribution in [0.15, 0.2) is 73.1 Å². The van der Waals surface area contributed by atoms with Gasteiger partial charge in [0.1, 0.15) is 0 Å². The first-order chi connectivity index (χ1) is 19.9. The van der Waals surface area contributed by atoms with Crippen molar-refractivity contribution in [2.24, 2.45) is 0 Å². The second kappa shape index (κ2) is 13.5. The zero-order valence-electron chi connectivity index (χ0n) is 22.5. The van der Waals surface area contributed by atoms with Crippen molar-refractivity contribution in [3.05, 3.63) is 83.7 Å². The largest absolute Gasteiger partial charge is 0.360 e. The second-order valence-corrected chi connectivity index (χ2v) is 12.1. The average Bonchev–Trinajstić information content (AvgIpc) is 3.39. The summed E-state index contributed by atoms with van der Waals surface area (Å²) in [6.45, 7) is 0.673. The molecule has 0 aliphatic heterocycles. The molecule has 4 N–H and O–H groups in total. The van der Waals surface area contributed by atoms with Crippen LogP contribution in [0.25, 0.3) is 22.2 Å². The molecule has 0 bridgehead atoms. The molecular weight excluding hydrogens is 653 g/mol. The highest BCUT2D eigenvalue weighted by Crippen LogP contribution is 2.32. The van der Waals surface area contributed by atoms with E-state index in [1.165, 1.54) is 6.08 Å². The summed E-state index contributed by atoms with van der Waals surface area (Å²) in [5, 5.41) is 11.0. The van der Waals surface area contributed by atoms with Gasteiger partial charge >= 0.3 is 0 Å². The maximum Gasteiger partial charge on any atom is 0.251 e. The summed E-state index contributed by atoms with van der Waals surface area (Å²) in [7, 11) is 1.92. The fourth-order valence-electron chi connectivity index (χ4n) is 4.92. The lowest BCUT2D eigenvalue weighted by Gasteiger charge is -2.29. The third-order valence-corrected chi connectivity index (χ3v) is 7.70. The average molecular weight is 684 g/mol. The minimum absolute atomic E-state index is 0.0917. The smallest absolute Gasteiger partial charge is 0.251 e. The summed E-state index contributed by atoms with van der Waals surface area (Å²) < 4.78 is 1.94. The minimum atomic E-state index is -0.205.